The average molecular weight is 217 g/mol. The van der Waals surface area contributed by atoms with E-state index >= 15 is 0 Å². The van der Waals surface area contributed by atoms with E-state index in [1.165, 1.54) is 12.5 Å². The van der Waals surface area contributed by atoms with Gasteiger partial charge in [0.15, 0.2) is 0 Å². The van der Waals surface area contributed by atoms with Crippen molar-refractivity contribution in [1.82, 2.24) is 14.5 Å². The third-order valence-electron chi connectivity index (χ3n) is 1.97. The maximum atomic E-state index is 10.5. The summed E-state index contributed by atoms with van der Waals surface area (Å²) in [5.41, 5.74) is 0.777. The molecule has 0 aliphatic carbocycles. The molecule has 0 fully saturated rings. The van der Waals surface area contributed by atoms with Crippen LogP contribution in [0.4, 0.5) is 5.69 Å². The fourth-order valence-corrected chi connectivity index (χ4v) is 1.20. The number of carboxylic acids is 1. The molecule has 0 radical (unpaired) electrons. The van der Waals surface area contributed by atoms with E-state index in [1.807, 2.05) is 12.1 Å². The van der Waals surface area contributed by atoms with Crippen LogP contribution < -0.4 is 10.4 Å². The van der Waals surface area contributed by atoms with Crippen LogP contribution in [0.25, 0.3) is 0 Å². The second-order valence-electron chi connectivity index (χ2n) is 3.14. The Hall–Kier alpha value is -2.37. The fraction of sp³-hybridized carbons (Fsp3) is 0.100. The highest BCUT2D eigenvalue weighted by Gasteiger charge is 1.98. The summed E-state index contributed by atoms with van der Waals surface area (Å²) in [5, 5.41) is 13.5. The van der Waals surface area contributed by atoms with Crippen LogP contribution in [0.2, 0.25) is 0 Å². The summed E-state index contributed by atoms with van der Waals surface area (Å²) in [6.45, 7) is 0.423. The Labute approximate surface area is 91.6 Å². The third kappa shape index (κ3) is 2.35. The van der Waals surface area contributed by atoms with Gasteiger partial charge in [0.05, 0.1) is 24.7 Å². The second-order valence-corrected chi connectivity index (χ2v) is 3.14. The number of pyridine rings is 1. The number of nitrogens with zero attached hydrogens (tertiary/aromatic N) is 3. The van der Waals surface area contributed by atoms with Crippen LogP contribution in [0.1, 0.15) is 10.5 Å². The number of carbonyl (C=O) groups excluding carboxylic acids is 1. The van der Waals surface area contributed by atoms with Crippen molar-refractivity contribution >= 4 is 11.7 Å². The number of hydrogen-bond acceptors (Lipinski definition) is 5. The molecule has 6 heteroatoms. The SMILES string of the molecule is O=C([O-])c1cn(CNc2cccnc2)cn1. The van der Waals surface area contributed by atoms with Crippen molar-refractivity contribution in [2.24, 2.45) is 0 Å². The minimum atomic E-state index is -1.28. The molecular formula is C10H9N4O2-. The number of anilines is 1. The van der Waals surface area contributed by atoms with Crippen molar-refractivity contribution in [3.8, 4) is 0 Å². The lowest BCUT2D eigenvalue weighted by atomic mass is 10.4. The first-order valence-electron chi connectivity index (χ1n) is 4.63. The third-order valence-corrected chi connectivity index (χ3v) is 1.97. The van der Waals surface area contributed by atoms with Crippen LogP contribution in [0.3, 0.4) is 0 Å². The molecule has 0 unspecified atom stereocenters. The number of rotatable bonds is 4. The Morgan fingerprint density at radius 1 is 1.56 bits per heavy atom. The zero-order valence-corrected chi connectivity index (χ0v) is 8.33. The van der Waals surface area contributed by atoms with E-state index in [4.69, 9.17) is 0 Å². The Balaban J connectivity index is 1.97. The van der Waals surface area contributed by atoms with Gasteiger partial charge in [-0.1, -0.05) is 0 Å². The standard InChI is InChI=1S/C10H10N4O2/c15-10(16)9-5-14(7-13-9)6-12-8-2-1-3-11-4-8/h1-5,7,12H,6H2,(H,15,16)/p-1. The molecule has 0 bridgehead atoms. The van der Waals surface area contributed by atoms with Crippen molar-refractivity contribution in [3.05, 3.63) is 42.7 Å². The first-order chi connectivity index (χ1) is 7.75. The summed E-state index contributed by atoms with van der Waals surface area (Å²) in [4.78, 5) is 18.1. The molecule has 2 rings (SSSR count). The Morgan fingerprint density at radius 3 is 3.06 bits per heavy atom. The molecule has 0 aliphatic rings. The zero-order chi connectivity index (χ0) is 11.4. The highest BCUT2D eigenvalue weighted by atomic mass is 16.4. The van der Waals surface area contributed by atoms with E-state index in [0.29, 0.717) is 6.67 Å². The van der Waals surface area contributed by atoms with E-state index < -0.39 is 5.97 Å². The van der Waals surface area contributed by atoms with Crippen LogP contribution in [0.5, 0.6) is 0 Å². The van der Waals surface area contributed by atoms with Gasteiger partial charge < -0.3 is 19.8 Å². The number of nitrogens with one attached hydrogen (secondary N) is 1. The molecule has 0 spiro atoms. The van der Waals surface area contributed by atoms with Crippen LogP contribution >= 0.6 is 0 Å². The number of aromatic nitrogens is 3. The van der Waals surface area contributed by atoms with Gasteiger partial charge in [0.2, 0.25) is 0 Å². The Bertz CT molecular complexity index is 481. The molecule has 0 saturated heterocycles. The van der Waals surface area contributed by atoms with Gasteiger partial charge in [-0.15, -0.1) is 0 Å². The van der Waals surface area contributed by atoms with E-state index in [-0.39, 0.29) is 5.69 Å². The fourth-order valence-electron chi connectivity index (χ4n) is 1.20. The molecule has 0 amide bonds. The highest BCUT2D eigenvalue weighted by Crippen LogP contribution is 2.03. The summed E-state index contributed by atoms with van der Waals surface area (Å²) in [5.74, 6) is -1.28. The second kappa shape index (κ2) is 4.43. The smallest absolute Gasteiger partial charge is 0.104 e. The number of aromatic carboxylic acids is 1. The van der Waals surface area contributed by atoms with Gasteiger partial charge in [-0.05, 0) is 12.1 Å². The largest absolute Gasteiger partial charge is 0.543 e. The molecule has 2 aromatic heterocycles. The van der Waals surface area contributed by atoms with E-state index in [9.17, 15) is 9.90 Å². The molecule has 1 N–H and O–H groups in total. The number of carbonyl (C=O) groups is 1. The van der Waals surface area contributed by atoms with Crippen molar-refractivity contribution in [2.45, 2.75) is 6.67 Å². The van der Waals surface area contributed by atoms with Gasteiger partial charge in [-0.25, -0.2) is 4.98 Å². The first-order valence-corrected chi connectivity index (χ1v) is 4.63. The van der Waals surface area contributed by atoms with Crippen molar-refractivity contribution in [3.63, 3.8) is 0 Å². The quantitative estimate of drug-likeness (QED) is 0.761. The maximum Gasteiger partial charge on any atom is 0.104 e. The van der Waals surface area contributed by atoms with Crippen LogP contribution in [-0.2, 0) is 6.67 Å². The Morgan fingerprint density at radius 2 is 2.44 bits per heavy atom. The predicted molar refractivity (Wildman–Crippen MR) is 54.4 cm³/mol. The summed E-state index contributed by atoms with van der Waals surface area (Å²) >= 11 is 0. The minimum absolute atomic E-state index is 0.0759. The van der Waals surface area contributed by atoms with Gasteiger partial charge in [0.25, 0.3) is 0 Å². The van der Waals surface area contributed by atoms with E-state index in [0.717, 1.165) is 5.69 Å². The number of carboxylic acid groups (broad SMARTS) is 1. The van der Waals surface area contributed by atoms with Gasteiger partial charge >= 0.3 is 0 Å². The molecule has 0 aromatic carbocycles. The highest BCUT2D eigenvalue weighted by molar-refractivity contribution is 5.82. The minimum Gasteiger partial charge on any atom is -0.543 e. The summed E-state index contributed by atoms with van der Waals surface area (Å²) in [6.07, 6.45) is 6.18. The molecule has 2 heterocycles. The van der Waals surface area contributed by atoms with Crippen LogP contribution in [0, 0.1) is 0 Å². The lowest BCUT2D eigenvalue weighted by Crippen LogP contribution is -2.22. The van der Waals surface area contributed by atoms with Crippen LogP contribution in [-0.4, -0.2) is 20.5 Å². The monoisotopic (exact) mass is 217 g/mol. The van der Waals surface area contributed by atoms with Gasteiger partial charge in [0, 0.05) is 18.6 Å². The van der Waals surface area contributed by atoms with Gasteiger partial charge in [-0.3, -0.25) is 4.98 Å². The molecule has 82 valence electrons. The van der Waals surface area contributed by atoms with Gasteiger partial charge in [0.1, 0.15) is 5.69 Å². The average Bonchev–Trinajstić information content (AvgIpc) is 2.76. The number of imidazole rings is 1. The summed E-state index contributed by atoms with van der Waals surface area (Å²) < 4.78 is 1.61. The van der Waals surface area contributed by atoms with Crippen molar-refractivity contribution in [1.29, 1.82) is 0 Å². The van der Waals surface area contributed by atoms with Gasteiger partial charge in [-0.2, -0.15) is 0 Å². The van der Waals surface area contributed by atoms with Crippen molar-refractivity contribution in [2.75, 3.05) is 5.32 Å². The number of hydrogen-bond donors (Lipinski definition) is 1. The maximum absolute atomic E-state index is 10.5. The van der Waals surface area contributed by atoms with E-state index in [2.05, 4.69) is 15.3 Å². The molecule has 0 saturated carbocycles. The lowest BCUT2D eigenvalue weighted by molar-refractivity contribution is -0.255. The zero-order valence-electron chi connectivity index (χ0n) is 8.33. The molecule has 6 nitrogen and oxygen atoms in total. The normalized spacial score (nSPS) is 10.0. The molecule has 0 aliphatic heterocycles. The lowest BCUT2D eigenvalue weighted by Gasteiger charge is -2.05. The molecule has 16 heavy (non-hydrogen) atoms. The van der Waals surface area contributed by atoms with Crippen LogP contribution in [0.15, 0.2) is 37.1 Å². The molecule has 0 atom stereocenters. The first kappa shape index (κ1) is 10.2. The van der Waals surface area contributed by atoms with Crippen molar-refractivity contribution < 1.29 is 9.90 Å². The summed E-state index contributed by atoms with van der Waals surface area (Å²) in [6, 6.07) is 3.67. The molecular weight excluding hydrogens is 208 g/mol. The predicted octanol–water partition coefficient (Wildman–Crippen LogP) is -0.289. The molecule has 2 aromatic rings. The Kier molecular flexibility index (Phi) is 2.81. The van der Waals surface area contributed by atoms with E-state index in [1.54, 1.807) is 17.0 Å². The topological polar surface area (TPSA) is 82.9 Å². The summed E-state index contributed by atoms with van der Waals surface area (Å²) in [7, 11) is 0.